The zero-order chi connectivity index (χ0) is 22.0. The normalized spacial score (nSPS) is 32.3. The van der Waals surface area contributed by atoms with Crippen LogP contribution < -0.4 is 0 Å². The number of amides is 2. The second-order valence-corrected chi connectivity index (χ2v) is 10.9. The Hall–Kier alpha value is -1.14. The first-order chi connectivity index (χ1) is 14.9. The number of piperidine rings is 3. The predicted molar refractivity (Wildman–Crippen MR) is 124 cm³/mol. The molecule has 0 saturated carbocycles. The van der Waals surface area contributed by atoms with Crippen LogP contribution in [0, 0.1) is 17.8 Å². The molecule has 31 heavy (non-hydrogen) atoms. The molecule has 0 aromatic carbocycles. The Kier molecular flexibility index (Phi) is 7.58. The summed E-state index contributed by atoms with van der Waals surface area (Å²) in [4.78, 5) is 34.8. The van der Waals surface area contributed by atoms with E-state index in [1.54, 1.807) is 6.92 Å². The largest absolute Gasteiger partial charge is 0.340 e. The fourth-order valence-electron chi connectivity index (χ4n) is 7.04. The molecule has 4 heterocycles. The molecule has 0 spiro atoms. The van der Waals surface area contributed by atoms with E-state index in [2.05, 4.69) is 33.4 Å². The third-order valence-corrected chi connectivity index (χ3v) is 8.32. The van der Waals surface area contributed by atoms with Crippen molar-refractivity contribution in [1.82, 2.24) is 19.6 Å². The van der Waals surface area contributed by atoms with E-state index in [1.165, 1.54) is 38.8 Å². The molecule has 0 N–H and O–H groups in total. The number of likely N-dealkylation sites (tertiary alicyclic amines) is 1. The molecule has 0 aromatic rings. The Balaban J connectivity index is 1.30. The molecule has 176 valence electrons. The summed E-state index contributed by atoms with van der Waals surface area (Å²) in [5, 5.41) is 0. The van der Waals surface area contributed by atoms with Crippen molar-refractivity contribution in [3.05, 3.63) is 0 Å². The molecule has 6 heteroatoms. The Morgan fingerprint density at radius 1 is 0.968 bits per heavy atom. The summed E-state index contributed by atoms with van der Waals surface area (Å²) in [6, 6.07) is 1.00. The molecular formula is C25H44N4O2. The average Bonchev–Trinajstić information content (AvgIpc) is 2.75. The van der Waals surface area contributed by atoms with Crippen LogP contribution in [0.5, 0.6) is 0 Å². The van der Waals surface area contributed by atoms with Gasteiger partial charge >= 0.3 is 0 Å². The molecule has 0 unspecified atom stereocenters. The highest BCUT2D eigenvalue weighted by Crippen LogP contribution is 2.43. The van der Waals surface area contributed by atoms with Gasteiger partial charge in [0.1, 0.15) is 0 Å². The van der Waals surface area contributed by atoms with Gasteiger partial charge in [-0.15, -0.1) is 0 Å². The summed E-state index contributed by atoms with van der Waals surface area (Å²) < 4.78 is 0. The Morgan fingerprint density at radius 2 is 1.68 bits per heavy atom. The molecule has 6 nitrogen and oxygen atoms in total. The first kappa shape index (κ1) is 23.0. The first-order valence-corrected chi connectivity index (χ1v) is 13.0. The van der Waals surface area contributed by atoms with Crippen molar-refractivity contribution in [3.8, 4) is 0 Å². The van der Waals surface area contributed by atoms with Gasteiger partial charge in [0.15, 0.2) is 0 Å². The fraction of sp³-hybridized carbons (Fsp3) is 0.920. The van der Waals surface area contributed by atoms with Gasteiger partial charge in [-0.2, -0.15) is 0 Å². The molecule has 0 aliphatic carbocycles. The van der Waals surface area contributed by atoms with Crippen molar-refractivity contribution in [2.24, 2.45) is 17.8 Å². The summed E-state index contributed by atoms with van der Waals surface area (Å²) in [5.74, 6) is 2.49. The van der Waals surface area contributed by atoms with Crippen molar-refractivity contribution in [3.63, 3.8) is 0 Å². The number of carbonyl (C=O) groups is 2. The maximum atomic E-state index is 12.8. The highest BCUT2D eigenvalue weighted by molar-refractivity contribution is 5.76. The number of hydrogen-bond donors (Lipinski definition) is 0. The van der Waals surface area contributed by atoms with E-state index in [0.29, 0.717) is 42.2 Å². The molecule has 4 saturated heterocycles. The molecular weight excluding hydrogens is 388 g/mol. The summed E-state index contributed by atoms with van der Waals surface area (Å²) in [7, 11) is 0. The lowest BCUT2D eigenvalue weighted by Crippen LogP contribution is -2.65. The molecule has 0 bridgehead atoms. The van der Waals surface area contributed by atoms with Crippen molar-refractivity contribution in [2.45, 2.75) is 77.8 Å². The Bertz CT molecular complexity index is 629. The maximum Gasteiger partial charge on any atom is 0.222 e. The summed E-state index contributed by atoms with van der Waals surface area (Å²) in [5.41, 5.74) is 0. The van der Waals surface area contributed by atoms with Crippen molar-refractivity contribution in [2.75, 3.05) is 52.4 Å². The van der Waals surface area contributed by atoms with Gasteiger partial charge in [-0.25, -0.2) is 0 Å². The maximum absolute atomic E-state index is 12.8. The Labute approximate surface area is 189 Å². The lowest BCUT2D eigenvalue weighted by Gasteiger charge is -2.57. The van der Waals surface area contributed by atoms with Crippen molar-refractivity contribution in [1.29, 1.82) is 0 Å². The van der Waals surface area contributed by atoms with Crippen LogP contribution in [0.1, 0.15) is 65.7 Å². The van der Waals surface area contributed by atoms with Crippen molar-refractivity contribution < 1.29 is 9.59 Å². The van der Waals surface area contributed by atoms with Gasteiger partial charge in [0.05, 0.1) is 0 Å². The van der Waals surface area contributed by atoms with Gasteiger partial charge in [-0.05, 0) is 69.4 Å². The van der Waals surface area contributed by atoms with Gasteiger partial charge in [-0.3, -0.25) is 19.4 Å². The number of hydrogen-bond acceptors (Lipinski definition) is 4. The minimum absolute atomic E-state index is 0.235. The van der Waals surface area contributed by atoms with Crippen molar-refractivity contribution >= 4 is 11.8 Å². The van der Waals surface area contributed by atoms with Gasteiger partial charge in [-0.1, -0.05) is 13.8 Å². The zero-order valence-corrected chi connectivity index (χ0v) is 20.1. The van der Waals surface area contributed by atoms with Gasteiger partial charge in [0, 0.05) is 64.7 Å². The summed E-state index contributed by atoms with van der Waals surface area (Å²) >= 11 is 0. The number of rotatable bonds is 6. The van der Waals surface area contributed by atoms with E-state index in [9.17, 15) is 9.59 Å². The summed E-state index contributed by atoms with van der Waals surface area (Å²) in [6.45, 7) is 14.6. The van der Waals surface area contributed by atoms with Gasteiger partial charge in [0.2, 0.25) is 11.8 Å². The lowest BCUT2D eigenvalue weighted by molar-refractivity contribution is -0.144. The van der Waals surface area contributed by atoms with Crippen LogP contribution in [-0.4, -0.2) is 95.9 Å². The number of nitrogens with zero attached hydrogens (tertiary/aromatic N) is 4. The van der Waals surface area contributed by atoms with Gasteiger partial charge in [0.25, 0.3) is 0 Å². The smallest absolute Gasteiger partial charge is 0.222 e. The highest BCUT2D eigenvalue weighted by Gasteiger charge is 2.48. The monoisotopic (exact) mass is 432 g/mol. The minimum atomic E-state index is 0.235. The van der Waals surface area contributed by atoms with Crippen LogP contribution in [0.4, 0.5) is 0 Å². The number of piperazine rings is 1. The molecule has 0 radical (unpaired) electrons. The third-order valence-electron chi connectivity index (χ3n) is 8.32. The van der Waals surface area contributed by atoms with E-state index in [1.807, 2.05) is 0 Å². The Morgan fingerprint density at radius 3 is 2.35 bits per heavy atom. The van der Waals surface area contributed by atoms with Crippen LogP contribution in [0.2, 0.25) is 0 Å². The molecule has 4 rings (SSSR count). The van der Waals surface area contributed by atoms with Crippen LogP contribution in [-0.2, 0) is 9.59 Å². The van der Waals surface area contributed by atoms with E-state index < -0.39 is 0 Å². The third kappa shape index (κ3) is 5.27. The highest BCUT2D eigenvalue weighted by atomic mass is 16.2. The topological polar surface area (TPSA) is 47.1 Å². The lowest BCUT2D eigenvalue weighted by atomic mass is 9.69. The minimum Gasteiger partial charge on any atom is -0.340 e. The van der Waals surface area contributed by atoms with Crippen LogP contribution >= 0.6 is 0 Å². The second kappa shape index (κ2) is 10.2. The zero-order valence-electron chi connectivity index (χ0n) is 20.1. The van der Waals surface area contributed by atoms with E-state index in [0.717, 1.165) is 52.1 Å². The van der Waals surface area contributed by atoms with E-state index >= 15 is 0 Å². The van der Waals surface area contributed by atoms with Crippen LogP contribution in [0.25, 0.3) is 0 Å². The molecule has 4 atom stereocenters. The molecule has 4 fully saturated rings. The molecule has 2 amide bonds. The second-order valence-electron chi connectivity index (χ2n) is 10.9. The quantitative estimate of drug-likeness (QED) is 0.647. The average molecular weight is 433 g/mol. The first-order valence-electron chi connectivity index (χ1n) is 13.0. The predicted octanol–water partition coefficient (Wildman–Crippen LogP) is 2.68. The van der Waals surface area contributed by atoms with Gasteiger partial charge < -0.3 is 9.80 Å². The molecule has 4 aliphatic rings. The van der Waals surface area contributed by atoms with Crippen LogP contribution in [0.15, 0.2) is 0 Å². The SMILES string of the molecule is CC(=O)N1C[C@@H]2CCCN3CCC[C@@H]([C@H]23)[C@H]1CCCC(=O)N1CCN(CC(C)C)CC1. The van der Waals surface area contributed by atoms with Crippen LogP contribution in [0.3, 0.4) is 0 Å². The van der Waals surface area contributed by atoms with E-state index in [4.69, 9.17) is 0 Å². The van der Waals surface area contributed by atoms with E-state index in [-0.39, 0.29) is 5.91 Å². The molecule has 4 aliphatic heterocycles. The fourth-order valence-corrected chi connectivity index (χ4v) is 7.04. The molecule has 0 aromatic heterocycles. The standard InChI is InChI=1S/C25H44N4O2/c1-19(2)17-26-13-15-27(16-14-26)24(31)10-4-9-23-22-8-6-12-28-11-5-7-21(25(22)28)18-29(23)20(3)30/h19,21-23,25H,4-18H2,1-3H3/t21-,22+,23+,25-/m0/s1. The number of carbonyl (C=O) groups excluding carboxylic acids is 2. The summed E-state index contributed by atoms with van der Waals surface area (Å²) in [6.07, 6.45) is 7.59.